The van der Waals surface area contributed by atoms with E-state index in [1.54, 1.807) is 0 Å². The van der Waals surface area contributed by atoms with Crippen LogP contribution in [0.2, 0.25) is 0 Å². The lowest BCUT2D eigenvalue weighted by Gasteiger charge is -2.23. The fourth-order valence-electron chi connectivity index (χ4n) is 6.81. The molecule has 0 N–H and O–H groups in total. The van der Waals surface area contributed by atoms with Crippen LogP contribution in [-0.2, 0) is 5.41 Å². The van der Waals surface area contributed by atoms with Crippen molar-refractivity contribution >= 4 is 32.4 Å². The molecule has 1 nitrogen and oxygen atoms in total. The lowest BCUT2D eigenvalue weighted by Crippen LogP contribution is -2.14. The van der Waals surface area contributed by atoms with Gasteiger partial charge in [0.2, 0.25) is 0 Å². The lowest BCUT2D eigenvalue weighted by atomic mass is 9.81. The molecule has 8 rings (SSSR count). The molecule has 39 heavy (non-hydrogen) atoms. The molecule has 1 aliphatic rings. The van der Waals surface area contributed by atoms with Gasteiger partial charge in [-0.15, -0.1) is 0 Å². The molecule has 6 aromatic carbocycles. The normalized spacial score (nSPS) is 13.6. The molecule has 0 radical (unpaired) electrons. The number of benzene rings is 6. The first-order chi connectivity index (χ1) is 19.1. The lowest BCUT2D eigenvalue weighted by molar-refractivity contribution is 0.660. The van der Waals surface area contributed by atoms with E-state index in [1.807, 2.05) is 6.20 Å². The number of rotatable bonds is 2. The molecule has 0 saturated heterocycles. The maximum absolute atomic E-state index is 5.01. The predicted molar refractivity (Wildman–Crippen MR) is 165 cm³/mol. The first kappa shape index (κ1) is 22.3. The molecule has 0 atom stereocenters. The molecule has 0 saturated carbocycles. The van der Waals surface area contributed by atoms with E-state index in [9.17, 15) is 0 Å². The molecular formula is C38H27N. The van der Waals surface area contributed by atoms with Crippen molar-refractivity contribution in [1.29, 1.82) is 0 Å². The van der Waals surface area contributed by atoms with E-state index in [4.69, 9.17) is 4.98 Å². The molecule has 0 aliphatic heterocycles. The summed E-state index contributed by atoms with van der Waals surface area (Å²) in [4.78, 5) is 5.01. The average molecular weight is 498 g/mol. The van der Waals surface area contributed by atoms with Gasteiger partial charge in [-0.05, 0) is 78.7 Å². The van der Waals surface area contributed by atoms with Crippen LogP contribution in [0.4, 0.5) is 0 Å². The Morgan fingerprint density at radius 1 is 0.487 bits per heavy atom. The van der Waals surface area contributed by atoms with Gasteiger partial charge in [-0.1, -0.05) is 117 Å². The number of fused-ring (bicyclic) bond motifs is 6. The number of hydrogen-bond donors (Lipinski definition) is 0. The van der Waals surface area contributed by atoms with Crippen LogP contribution in [0.5, 0.6) is 0 Å². The van der Waals surface area contributed by atoms with E-state index in [0.717, 1.165) is 5.52 Å². The van der Waals surface area contributed by atoms with E-state index < -0.39 is 0 Å². The molecule has 0 unspecified atom stereocenters. The highest BCUT2D eigenvalue weighted by Crippen LogP contribution is 2.51. The van der Waals surface area contributed by atoms with Crippen molar-refractivity contribution in [2.24, 2.45) is 0 Å². The Balaban J connectivity index is 1.44. The van der Waals surface area contributed by atoms with Crippen LogP contribution in [0, 0.1) is 0 Å². The zero-order chi connectivity index (χ0) is 26.1. The molecule has 1 heteroatoms. The first-order valence-corrected chi connectivity index (χ1v) is 13.6. The van der Waals surface area contributed by atoms with Gasteiger partial charge in [0.05, 0.1) is 5.52 Å². The Bertz CT molecular complexity index is 2040. The molecule has 0 bridgehead atoms. The zero-order valence-electron chi connectivity index (χ0n) is 22.1. The summed E-state index contributed by atoms with van der Waals surface area (Å²) in [6.07, 6.45) is 1.92. The molecule has 7 aromatic rings. The Kier molecular flexibility index (Phi) is 4.63. The summed E-state index contributed by atoms with van der Waals surface area (Å²) in [6.45, 7) is 4.70. The highest BCUT2D eigenvalue weighted by atomic mass is 14.7. The second kappa shape index (κ2) is 8.12. The molecular weight excluding hydrogens is 470 g/mol. The predicted octanol–water partition coefficient (Wildman–Crippen LogP) is 10.2. The summed E-state index contributed by atoms with van der Waals surface area (Å²) in [6, 6.07) is 44.4. The number of aromatic nitrogens is 1. The van der Waals surface area contributed by atoms with Gasteiger partial charge in [0.15, 0.2) is 0 Å². The van der Waals surface area contributed by atoms with E-state index in [0.29, 0.717) is 0 Å². The van der Waals surface area contributed by atoms with Crippen LogP contribution in [0.3, 0.4) is 0 Å². The van der Waals surface area contributed by atoms with Crippen LogP contribution in [0.25, 0.3) is 65.8 Å². The van der Waals surface area contributed by atoms with Crippen molar-refractivity contribution in [2.75, 3.05) is 0 Å². The van der Waals surface area contributed by atoms with Crippen molar-refractivity contribution in [2.45, 2.75) is 19.3 Å². The minimum absolute atomic E-state index is 0.0448. The smallest absolute Gasteiger partial charge is 0.0792 e. The third-order valence-electron chi connectivity index (χ3n) is 8.69. The second-order valence-corrected chi connectivity index (χ2v) is 11.2. The number of pyridine rings is 1. The number of nitrogens with zero attached hydrogens (tertiary/aromatic N) is 1. The number of hydrogen-bond acceptors (Lipinski definition) is 1. The molecule has 0 fully saturated rings. The van der Waals surface area contributed by atoms with Crippen LogP contribution < -0.4 is 0 Å². The summed E-state index contributed by atoms with van der Waals surface area (Å²) < 4.78 is 0. The fraction of sp³-hybridized carbons (Fsp3) is 0.0789. The van der Waals surface area contributed by atoms with Crippen molar-refractivity contribution in [3.63, 3.8) is 0 Å². The summed E-state index contributed by atoms with van der Waals surface area (Å²) in [5, 5.41) is 6.17. The van der Waals surface area contributed by atoms with E-state index in [-0.39, 0.29) is 5.41 Å². The van der Waals surface area contributed by atoms with Crippen LogP contribution in [-0.4, -0.2) is 4.98 Å². The van der Waals surface area contributed by atoms with Crippen LogP contribution in [0.15, 0.2) is 128 Å². The minimum Gasteiger partial charge on any atom is -0.256 e. The van der Waals surface area contributed by atoms with Crippen molar-refractivity contribution in [1.82, 2.24) is 4.98 Å². The summed E-state index contributed by atoms with van der Waals surface area (Å²) in [5.74, 6) is 0. The molecule has 1 aliphatic carbocycles. The third kappa shape index (κ3) is 3.17. The summed E-state index contributed by atoms with van der Waals surface area (Å²) >= 11 is 0. The largest absolute Gasteiger partial charge is 0.256 e. The molecule has 184 valence electrons. The molecule has 1 heterocycles. The SMILES string of the molecule is CC1(C)c2ccccc2-c2ccc(-c3c4ccccc4c(-c4ccc5ccccc5c4)c4ncccc34)cc21. The van der Waals surface area contributed by atoms with Gasteiger partial charge in [0.25, 0.3) is 0 Å². The maximum atomic E-state index is 5.01. The average Bonchev–Trinajstić information content (AvgIpc) is 3.21. The Morgan fingerprint density at radius 3 is 2.00 bits per heavy atom. The van der Waals surface area contributed by atoms with Gasteiger partial charge in [0.1, 0.15) is 0 Å². The minimum atomic E-state index is -0.0448. The molecule has 0 spiro atoms. The van der Waals surface area contributed by atoms with Gasteiger partial charge in [-0.25, -0.2) is 0 Å². The summed E-state index contributed by atoms with van der Waals surface area (Å²) in [5.41, 5.74) is 11.4. The Labute approximate surface area is 228 Å². The third-order valence-corrected chi connectivity index (χ3v) is 8.69. The van der Waals surface area contributed by atoms with Crippen LogP contribution >= 0.6 is 0 Å². The van der Waals surface area contributed by atoms with Gasteiger partial charge >= 0.3 is 0 Å². The van der Waals surface area contributed by atoms with Gasteiger partial charge < -0.3 is 0 Å². The Hall–Kier alpha value is -4.75. The first-order valence-electron chi connectivity index (χ1n) is 13.6. The van der Waals surface area contributed by atoms with Crippen molar-refractivity contribution < 1.29 is 0 Å². The quantitative estimate of drug-likeness (QED) is 0.217. The Morgan fingerprint density at radius 2 is 1.13 bits per heavy atom. The van der Waals surface area contributed by atoms with Crippen molar-refractivity contribution in [3.8, 4) is 33.4 Å². The standard InChI is InChI=1S/C38H27N/c1-38(2)33-16-8-7-12-28(33)29-20-19-27(23-34(29)38)35-30-13-5-6-14-31(30)36(37-32(35)15-9-21-39-37)26-18-17-24-10-3-4-11-25(24)22-26/h3-23H,1-2H3. The zero-order valence-corrected chi connectivity index (χ0v) is 22.1. The fourth-order valence-corrected chi connectivity index (χ4v) is 6.81. The van der Waals surface area contributed by atoms with E-state index in [2.05, 4.69) is 135 Å². The topological polar surface area (TPSA) is 12.9 Å². The van der Waals surface area contributed by atoms with Crippen LogP contribution in [0.1, 0.15) is 25.0 Å². The highest BCUT2D eigenvalue weighted by Gasteiger charge is 2.35. The summed E-state index contributed by atoms with van der Waals surface area (Å²) in [7, 11) is 0. The van der Waals surface area contributed by atoms with E-state index in [1.165, 1.54) is 71.4 Å². The van der Waals surface area contributed by atoms with Gasteiger partial charge in [0, 0.05) is 22.6 Å². The second-order valence-electron chi connectivity index (χ2n) is 11.2. The molecule has 0 amide bonds. The van der Waals surface area contributed by atoms with Gasteiger partial charge in [-0.2, -0.15) is 0 Å². The van der Waals surface area contributed by atoms with Gasteiger partial charge in [-0.3, -0.25) is 4.98 Å². The maximum Gasteiger partial charge on any atom is 0.0792 e. The van der Waals surface area contributed by atoms with Crippen molar-refractivity contribution in [3.05, 3.63) is 139 Å². The molecule has 1 aromatic heterocycles. The van der Waals surface area contributed by atoms with E-state index >= 15 is 0 Å². The monoisotopic (exact) mass is 497 g/mol. The highest BCUT2D eigenvalue weighted by molar-refractivity contribution is 6.20.